The van der Waals surface area contributed by atoms with Gasteiger partial charge in [0.05, 0.1) is 5.69 Å². The second-order valence-corrected chi connectivity index (χ2v) is 6.62. The molecule has 1 aliphatic heterocycles. The molecule has 1 atom stereocenters. The lowest BCUT2D eigenvalue weighted by molar-refractivity contribution is 0.0806. The van der Waals surface area contributed by atoms with Gasteiger partial charge in [0.15, 0.2) is 5.78 Å². The topological polar surface area (TPSA) is 51.0 Å². The molecule has 5 heteroatoms. The van der Waals surface area contributed by atoms with Crippen molar-refractivity contribution in [3.63, 3.8) is 0 Å². The van der Waals surface area contributed by atoms with Gasteiger partial charge in [0, 0.05) is 43.0 Å². The number of carbonyl (C=O) groups is 1. The van der Waals surface area contributed by atoms with Gasteiger partial charge in [-0.25, -0.2) is 0 Å². The van der Waals surface area contributed by atoms with Crippen LogP contribution in [-0.4, -0.2) is 38.5 Å². The van der Waals surface area contributed by atoms with Crippen LogP contribution in [0.2, 0.25) is 0 Å². The fraction of sp³-hybridized carbons (Fsp3) is 0.526. The molecular formula is C19H26N4O. The summed E-state index contributed by atoms with van der Waals surface area (Å²) < 4.78 is 2.06. The van der Waals surface area contributed by atoms with Gasteiger partial charge in [-0.15, -0.1) is 0 Å². The predicted octanol–water partition coefficient (Wildman–Crippen LogP) is 3.01. The molecule has 0 N–H and O–H groups in total. The zero-order chi connectivity index (χ0) is 17.1. The zero-order valence-electron chi connectivity index (χ0n) is 14.8. The molecule has 1 unspecified atom stereocenters. The third-order valence-corrected chi connectivity index (χ3v) is 5.01. The van der Waals surface area contributed by atoms with Gasteiger partial charge in [0.1, 0.15) is 5.69 Å². The summed E-state index contributed by atoms with van der Waals surface area (Å²) in [6.45, 7) is 9.96. The van der Waals surface area contributed by atoms with Crippen molar-refractivity contribution in [3.05, 3.63) is 47.0 Å². The Morgan fingerprint density at radius 2 is 2.17 bits per heavy atom. The molecule has 2 aromatic heterocycles. The monoisotopic (exact) mass is 326 g/mol. The van der Waals surface area contributed by atoms with Crippen molar-refractivity contribution < 1.29 is 4.79 Å². The number of ketones is 1. The molecule has 2 aromatic rings. The Labute approximate surface area is 143 Å². The first-order valence-corrected chi connectivity index (χ1v) is 8.80. The lowest BCUT2D eigenvalue weighted by Gasteiger charge is -2.31. The van der Waals surface area contributed by atoms with Gasteiger partial charge in [-0.1, -0.05) is 6.07 Å². The molecule has 5 nitrogen and oxygen atoms in total. The van der Waals surface area contributed by atoms with Crippen LogP contribution in [-0.2, 0) is 13.1 Å². The lowest BCUT2D eigenvalue weighted by atomic mass is 9.91. The maximum atomic E-state index is 12.7. The summed E-state index contributed by atoms with van der Waals surface area (Å²) in [5.74, 6) is 0.230. The van der Waals surface area contributed by atoms with E-state index in [2.05, 4.69) is 40.4 Å². The van der Waals surface area contributed by atoms with E-state index in [4.69, 9.17) is 0 Å². The minimum Gasteiger partial charge on any atom is -0.298 e. The van der Waals surface area contributed by atoms with Crippen molar-refractivity contribution in [1.82, 2.24) is 19.7 Å². The molecular weight excluding hydrogens is 300 g/mol. The fourth-order valence-electron chi connectivity index (χ4n) is 3.63. The fourth-order valence-corrected chi connectivity index (χ4v) is 3.63. The first-order chi connectivity index (χ1) is 11.6. The molecule has 128 valence electrons. The standard InChI is InChI=1S/C19H26N4O/c1-4-23-15(3)17(14(2)21-23)13-22-11-7-8-16(12-22)19(24)18-9-5-6-10-20-18/h5-6,9-10,16H,4,7-8,11-13H2,1-3H3. The summed E-state index contributed by atoms with van der Waals surface area (Å²) >= 11 is 0. The number of Topliss-reactive ketones (excluding diaryl/α,β-unsaturated/α-hetero) is 1. The van der Waals surface area contributed by atoms with Gasteiger partial charge in [0.2, 0.25) is 0 Å². The number of aromatic nitrogens is 3. The SMILES string of the molecule is CCn1nc(C)c(CN2CCCC(C(=O)c3ccccn3)C2)c1C. The van der Waals surface area contributed by atoms with E-state index in [-0.39, 0.29) is 11.7 Å². The van der Waals surface area contributed by atoms with Crippen LogP contribution >= 0.6 is 0 Å². The van der Waals surface area contributed by atoms with Crippen molar-refractivity contribution in [2.45, 2.75) is 46.7 Å². The third kappa shape index (κ3) is 3.41. The van der Waals surface area contributed by atoms with E-state index in [9.17, 15) is 4.79 Å². The van der Waals surface area contributed by atoms with E-state index in [1.165, 1.54) is 11.3 Å². The highest BCUT2D eigenvalue weighted by atomic mass is 16.1. The number of rotatable bonds is 5. The smallest absolute Gasteiger partial charge is 0.185 e. The summed E-state index contributed by atoms with van der Waals surface area (Å²) in [5.41, 5.74) is 4.25. The Bertz CT molecular complexity index is 708. The Morgan fingerprint density at radius 1 is 1.33 bits per heavy atom. The zero-order valence-corrected chi connectivity index (χ0v) is 14.8. The molecule has 3 heterocycles. The van der Waals surface area contributed by atoms with Crippen LogP contribution in [0.4, 0.5) is 0 Å². The number of carbonyl (C=O) groups excluding carboxylic acids is 1. The van der Waals surface area contributed by atoms with Gasteiger partial charge >= 0.3 is 0 Å². The van der Waals surface area contributed by atoms with Crippen molar-refractivity contribution in [2.24, 2.45) is 5.92 Å². The van der Waals surface area contributed by atoms with Crippen LogP contribution < -0.4 is 0 Å². The number of pyridine rings is 1. The average Bonchev–Trinajstić information content (AvgIpc) is 2.89. The van der Waals surface area contributed by atoms with Crippen molar-refractivity contribution in [1.29, 1.82) is 0 Å². The van der Waals surface area contributed by atoms with Crippen LogP contribution in [0.3, 0.4) is 0 Å². The second kappa shape index (κ2) is 7.26. The number of hydrogen-bond donors (Lipinski definition) is 0. The van der Waals surface area contributed by atoms with Crippen molar-refractivity contribution in [3.8, 4) is 0 Å². The molecule has 1 aliphatic rings. The predicted molar refractivity (Wildman–Crippen MR) is 93.9 cm³/mol. The Hall–Kier alpha value is -2.01. The Morgan fingerprint density at radius 3 is 2.83 bits per heavy atom. The quantitative estimate of drug-likeness (QED) is 0.793. The van der Waals surface area contributed by atoms with E-state index < -0.39 is 0 Å². The van der Waals surface area contributed by atoms with Gasteiger partial charge in [0.25, 0.3) is 0 Å². The highest BCUT2D eigenvalue weighted by molar-refractivity contribution is 5.96. The minimum atomic E-state index is 0.0514. The molecule has 0 bridgehead atoms. The Balaban J connectivity index is 1.70. The summed E-state index contributed by atoms with van der Waals surface area (Å²) in [6, 6.07) is 5.55. The molecule has 3 rings (SSSR count). The van der Waals surface area contributed by atoms with E-state index >= 15 is 0 Å². The van der Waals surface area contributed by atoms with Gasteiger partial charge in [-0.2, -0.15) is 5.10 Å². The molecule has 24 heavy (non-hydrogen) atoms. The summed E-state index contributed by atoms with van der Waals surface area (Å²) in [6.07, 6.45) is 3.71. The normalized spacial score (nSPS) is 18.7. The molecule has 1 saturated heterocycles. The second-order valence-electron chi connectivity index (χ2n) is 6.62. The van der Waals surface area contributed by atoms with Crippen LogP contribution in [0.25, 0.3) is 0 Å². The number of hydrogen-bond acceptors (Lipinski definition) is 4. The van der Waals surface area contributed by atoms with Crippen LogP contribution in [0, 0.1) is 19.8 Å². The number of aryl methyl sites for hydroxylation is 2. The van der Waals surface area contributed by atoms with Crippen LogP contribution in [0.5, 0.6) is 0 Å². The number of piperidine rings is 1. The lowest BCUT2D eigenvalue weighted by Crippen LogP contribution is -2.38. The maximum Gasteiger partial charge on any atom is 0.185 e. The van der Waals surface area contributed by atoms with Gasteiger partial charge in [-0.3, -0.25) is 19.4 Å². The van der Waals surface area contributed by atoms with E-state index in [0.717, 1.165) is 44.7 Å². The highest BCUT2D eigenvalue weighted by Gasteiger charge is 2.28. The van der Waals surface area contributed by atoms with E-state index in [1.807, 2.05) is 18.2 Å². The molecule has 0 aliphatic carbocycles. The minimum absolute atomic E-state index is 0.0514. The number of likely N-dealkylation sites (tertiary alicyclic amines) is 1. The Kier molecular flexibility index (Phi) is 5.09. The number of nitrogens with zero attached hydrogens (tertiary/aromatic N) is 4. The summed E-state index contributed by atoms with van der Waals surface area (Å²) in [4.78, 5) is 19.3. The first-order valence-electron chi connectivity index (χ1n) is 8.80. The van der Waals surface area contributed by atoms with Gasteiger partial charge < -0.3 is 0 Å². The molecule has 0 saturated carbocycles. The summed E-state index contributed by atoms with van der Waals surface area (Å²) in [7, 11) is 0. The van der Waals surface area contributed by atoms with Crippen LogP contribution in [0.15, 0.2) is 24.4 Å². The van der Waals surface area contributed by atoms with Crippen LogP contribution in [0.1, 0.15) is 47.2 Å². The van der Waals surface area contributed by atoms with Crippen molar-refractivity contribution in [2.75, 3.05) is 13.1 Å². The largest absolute Gasteiger partial charge is 0.298 e. The molecule has 0 amide bonds. The molecule has 0 aromatic carbocycles. The average molecular weight is 326 g/mol. The molecule has 0 radical (unpaired) electrons. The molecule has 1 fully saturated rings. The highest BCUT2D eigenvalue weighted by Crippen LogP contribution is 2.23. The van der Waals surface area contributed by atoms with E-state index in [1.54, 1.807) is 6.20 Å². The van der Waals surface area contributed by atoms with Crippen molar-refractivity contribution >= 4 is 5.78 Å². The third-order valence-electron chi connectivity index (χ3n) is 5.01. The molecule has 0 spiro atoms. The van der Waals surface area contributed by atoms with Gasteiger partial charge in [-0.05, 0) is 52.3 Å². The van der Waals surface area contributed by atoms with E-state index in [0.29, 0.717) is 5.69 Å². The first kappa shape index (κ1) is 16.8. The summed E-state index contributed by atoms with van der Waals surface area (Å²) in [5, 5.41) is 4.61. The maximum absolute atomic E-state index is 12.7.